The van der Waals surface area contributed by atoms with Gasteiger partial charge in [0.2, 0.25) is 0 Å². The van der Waals surface area contributed by atoms with Gasteiger partial charge in [-0.25, -0.2) is 0 Å². The number of benzene rings is 2. The minimum Gasteiger partial charge on any atom is -0.507 e. The van der Waals surface area contributed by atoms with E-state index >= 15 is 0 Å². The predicted octanol–water partition coefficient (Wildman–Crippen LogP) is 9.62. The van der Waals surface area contributed by atoms with Crippen LogP contribution in [0.2, 0.25) is 0 Å². The molecule has 218 valence electrons. The van der Waals surface area contributed by atoms with Crippen molar-refractivity contribution in [1.29, 1.82) is 0 Å². The summed E-state index contributed by atoms with van der Waals surface area (Å²) in [5, 5.41) is 22.6. The number of phenolic OH excluding ortho intramolecular Hbond substituents is 2. The van der Waals surface area contributed by atoms with Gasteiger partial charge in [-0.1, -0.05) is 127 Å². The second-order valence-electron chi connectivity index (χ2n) is 16.3. The Labute approximate surface area is 240 Å². The molecule has 1 aliphatic rings. The number of nitrogens with zero attached hydrogens (tertiary/aromatic N) is 1. The molecule has 0 bridgehead atoms. The second kappa shape index (κ2) is 11.1. The number of aromatic hydroxyl groups is 2. The lowest BCUT2D eigenvalue weighted by Gasteiger charge is -2.36. The van der Waals surface area contributed by atoms with Gasteiger partial charge in [-0.15, -0.1) is 0 Å². The fraction of sp³-hybridized carbons (Fsp3) is 0.667. The summed E-state index contributed by atoms with van der Waals surface area (Å²) in [5.74, 6) is 0.900. The molecule has 3 rings (SSSR count). The Morgan fingerprint density at radius 3 is 1.08 bits per heavy atom. The molecule has 0 spiro atoms. The zero-order valence-electron chi connectivity index (χ0n) is 27.2. The van der Waals surface area contributed by atoms with Crippen LogP contribution in [0.15, 0.2) is 24.3 Å². The Bertz CT molecular complexity index is 989. The van der Waals surface area contributed by atoms with E-state index in [0.717, 1.165) is 35.3 Å². The van der Waals surface area contributed by atoms with Gasteiger partial charge in [-0.3, -0.25) is 4.90 Å². The van der Waals surface area contributed by atoms with Crippen molar-refractivity contribution in [3.05, 3.63) is 57.6 Å². The molecule has 0 aromatic heterocycles. The molecule has 0 unspecified atom stereocenters. The maximum atomic E-state index is 11.3. The van der Waals surface area contributed by atoms with Gasteiger partial charge in [0.25, 0.3) is 0 Å². The van der Waals surface area contributed by atoms with Crippen molar-refractivity contribution in [2.75, 3.05) is 0 Å². The lowest BCUT2D eigenvalue weighted by Crippen LogP contribution is -2.36. The van der Waals surface area contributed by atoms with E-state index < -0.39 is 0 Å². The fourth-order valence-electron chi connectivity index (χ4n) is 6.09. The zero-order chi connectivity index (χ0) is 29.6. The quantitative estimate of drug-likeness (QED) is 0.400. The van der Waals surface area contributed by atoms with E-state index in [0.29, 0.717) is 17.5 Å². The third kappa shape index (κ3) is 7.60. The van der Waals surface area contributed by atoms with Crippen LogP contribution in [-0.2, 0) is 34.7 Å². The van der Waals surface area contributed by atoms with Gasteiger partial charge >= 0.3 is 0 Å². The molecule has 0 amide bonds. The number of hydrogen-bond acceptors (Lipinski definition) is 3. The predicted molar refractivity (Wildman–Crippen MR) is 167 cm³/mol. The Hall–Kier alpha value is -2.00. The molecule has 0 atom stereocenters. The van der Waals surface area contributed by atoms with E-state index in [1.807, 2.05) is 0 Å². The largest absolute Gasteiger partial charge is 0.507 e. The maximum Gasteiger partial charge on any atom is 0.123 e. The first-order valence-corrected chi connectivity index (χ1v) is 15.2. The third-order valence-electron chi connectivity index (χ3n) is 8.43. The Balaban J connectivity index is 2.13. The van der Waals surface area contributed by atoms with Gasteiger partial charge in [0.15, 0.2) is 0 Å². The highest BCUT2D eigenvalue weighted by Crippen LogP contribution is 2.42. The topological polar surface area (TPSA) is 43.7 Å². The summed E-state index contributed by atoms with van der Waals surface area (Å²) in [6.45, 7) is 28.0. The summed E-state index contributed by atoms with van der Waals surface area (Å²) in [4.78, 5) is 2.68. The summed E-state index contributed by atoms with van der Waals surface area (Å²) in [6.07, 6.45) is 6.35. The fourth-order valence-corrected chi connectivity index (χ4v) is 6.09. The number of phenols is 2. The van der Waals surface area contributed by atoms with E-state index in [9.17, 15) is 10.2 Å². The molecule has 2 N–H and O–H groups in total. The van der Waals surface area contributed by atoms with Crippen LogP contribution in [-0.4, -0.2) is 21.2 Å². The van der Waals surface area contributed by atoms with E-state index in [4.69, 9.17) is 0 Å². The summed E-state index contributed by atoms with van der Waals surface area (Å²) in [7, 11) is 0. The first-order chi connectivity index (χ1) is 17.7. The molecular weight excluding hydrogens is 478 g/mol. The van der Waals surface area contributed by atoms with Crippen molar-refractivity contribution < 1.29 is 10.2 Å². The summed E-state index contributed by atoms with van der Waals surface area (Å²) in [5.41, 5.74) is 6.11. The highest BCUT2D eigenvalue weighted by Gasteiger charge is 2.30. The molecule has 3 nitrogen and oxygen atoms in total. The van der Waals surface area contributed by atoms with Crippen LogP contribution in [0.25, 0.3) is 0 Å². The maximum absolute atomic E-state index is 11.3. The summed E-state index contributed by atoms with van der Waals surface area (Å²) in [6, 6.07) is 9.53. The van der Waals surface area contributed by atoms with Crippen LogP contribution < -0.4 is 0 Å². The smallest absolute Gasteiger partial charge is 0.123 e. The molecule has 0 radical (unpaired) electrons. The van der Waals surface area contributed by atoms with E-state index in [1.54, 1.807) is 0 Å². The number of rotatable bonds is 5. The van der Waals surface area contributed by atoms with Gasteiger partial charge in [-0.2, -0.15) is 0 Å². The number of hydrogen-bond donors (Lipinski definition) is 2. The molecule has 0 aliphatic heterocycles. The van der Waals surface area contributed by atoms with Crippen LogP contribution in [0.1, 0.15) is 149 Å². The van der Waals surface area contributed by atoms with Crippen molar-refractivity contribution in [1.82, 2.24) is 4.90 Å². The molecule has 2 aromatic carbocycles. The highest BCUT2D eigenvalue weighted by atomic mass is 16.3. The van der Waals surface area contributed by atoms with Gasteiger partial charge < -0.3 is 10.2 Å². The van der Waals surface area contributed by atoms with Crippen molar-refractivity contribution in [2.24, 2.45) is 0 Å². The van der Waals surface area contributed by atoms with Crippen LogP contribution in [0.5, 0.6) is 11.5 Å². The van der Waals surface area contributed by atoms with Gasteiger partial charge in [0, 0.05) is 19.1 Å². The molecule has 1 fully saturated rings. The lowest BCUT2D eigenvalue weighted by atomic mass is 9.78. The van der Waals surface area contributed by atoms with Gasteiger partial charge in [0.05, 0.1) is 0 Å². The van der Waals surface area contributed by atoms with Gasteiger partial charge in [0.1, 0.15) is 11.5 Å². The van der Waals surface area contributed by atoms with E-state index in [-0.39, 0.29) is 21.7 Å². The van der Waals surface area contributed by atoms with E-state index in [2.05, 4.69) is 112 Å². The molecule has 3 heteroatoms. The average Bonchev–Trinajstić information content (AvgIpc) is 2.78. The lowest BCUT2D eigenvalue weighted by molar-refractivity contribution is 0.139. The summed E-state index contributed by atoms with van der Waals surface area (Å²) < 4.78 is 0. The van der Waals surface area contributed by atoms with Crippen LogP contribution in [0.4, 0.5) is 0 Å². The highest BCUT2D eigenvalue weighted by molar-refractivity contribution is 5.51. The average molecular weight is 536 g/mol. The normalized spacial score (nSPS) is 16.2. The van der Waals surface area contributed by atoms with E-state index in [1.165, 1.54) is 43.2 Å². The molecule has 0 saturated heterocycles. The Kier molecular flexibility index (Phi) is 8.98. The minimum atomic E-state index is -0.143. The first-order valence-electron chi connectivity index (χ1n) is 15.2. The Morgan fingerprint density at radius 2 is 0.821 bits per heavy atom. The zero-order valence-corrected chi connectivity index (χ0v) is 27.2. The van der Waals surface area contributed by atoms with Crippen molar-refractivity contribution in [2.45, 2.75) is 156 Å². The standard InChI is InChI=1S/C36H57NO2/c1-33(2,3)27-18-24(19-28(31(27)38)34(4,5)6)22-37(26-16-14-13-15-17-26)23-25-20-29(35(7,8)9)32(39)30(21-25)36(10,11)12/h18-21,26,38-39H,13-17,22-23H2,1-12H3. The van der Waals surface area contributed by atoms with Crippen LogP contribution in [0.3, 0.4) is 0 Å². The monoisotopic (exact) mass is 535 g/mol. The van der Waals surface area contributed by atoms with Crippen LogP contribution >= 0.6 is 0 Å². The van der Waals surface area contributed by atoms with Crippen molar-refractivity contribution in [3.63, 3.8) is 0 Å². The molecule has 1 aliphatic carbocycles. The molecule has 39 heavy (non-hydrogen) atoms. The molecule has 2 aromatic rings. The van der Waals surface area contributed by atoms with Crippen LogP contribution in [0, 0.1) is 0 Å². The Morgan fingerprint density at radius 1 is 0.538 bits per heavy atom. The molecular formula is C36H57NO2. The first kappa shape index (κ1) is 31.5. The molecule has 0 heterocycles. The molecule has 1 saturated carbocycles. The summed E-state index contributed by atoms with van der Waals surface area (Å²) >= 11 is 0. The van der Waals surface area contributed by atoms with Gasteiger partial charge in [-0.05, 0) is 67.9 Å². The van der Waals surface area contributed by atoms with Crippen molar-refractivity contribution >= 4 is 0 Å². The third-order valence-corrected chi connectivity index (χ3v) is 8.43. The minimum absolute atomic E-state index is 0.143. The van der Waals surface area contributed by atoms with Crippen molar-refractivity contribution in [3.8, 4) is 11.5 Å². The SMILES string of the molecule is CC(C)(C)c1cc(CN(Cc2cc(C(C)(C)C)c(O)c(C(C)(C)C)c2)C2CCCCC2)cc(C(C)(C)C)c1O. The second-order valence-corrected chi connectivity index (χ2v) is 16.3.